The Balaban J connectivity index is 1.56. The van der Waals surface area contributed by atoms with Crippen molar-refractivity contribution in [2.75, 3.05) is 24.3 Å². The van der Waals surface area contributed by atoms with Crippen molar-refractivity contribution in [1.82, 2.24) is 5.32 Å². The van der Waals surface area contributed by atoms with Crippen LogP contribution >= 0.6 is 0 Å². The summed E-state index contributed by atoms with van der Waals surface area (Å²) in [7, 11) is 1.61. The smallest absolute Gasteiger partial charge is 0.319 e. The molecular formula is C17H19N3O2. The number of urea groups is 1. The van der Waals surface area contributed by atoms with Crippen LogP contribution in [0.2, 0.25) is 0 Å². The first-order valence-corrected chi connectivity index (χ1v) is 7.28. The highest BCUT2D eigenvalue weighted by atomic mass is 16.5. The van der Waals surface area contributed by atoms with Gasteiger partial charge in [-0.2, -0.15) is 0 Å². The lowest BCUT2D eigenvalue weighted by Crippen LogP contribution is -2.45. The van der Waals surface area contributed by atoms with Gasteiger partial charge in [-0.3, -0.25) is 0 Å². The van der Waals surface area contributed by atoms with Gasteiger partial charge in [-0.05, 0) is 42.3 Å². The van der Waals surface area contributed by atoms with Gasteiger partial charge in [-0.1, -0.05) is 18.2 Å². The first-order valence-electron chi connectivity index (χ1n) is 7.28. The molecule has 1 aliphatic rings. The van der Waals surface area contributed by atoms with Gasteiger partial charge in [0.2, 0.25) is 0 Å². The number of nitrogens with one attached hydrogen (secondary N) is 3. The summed E-state index contributed by atoms with van der Waals surface area (Å²) in [6, 6.07) is 15.3. The van der Waals surface area contributed by atoms with Gasteiger partial charge < -0.3 is 20.7 Å². The number of fused-ring (bicyclic) bond motifs is 1. The highest BCUT2D eigenvalue weighted by Crippen LogP contribution is 2.21. The summed E-state index contributed by atoms with van der Waals surface area (Å²) in [4.78, 5) is 12.1. The maximum atomic E-state index is 12.1. The van der Waals surface area contributed by atoms with Crippen LogP contribution in [-0.4, -0.2) is 25.7 Å². The summed E-state index contributed by atoms with van der Waals surface area (Å²) in [5.74, 6) is 0.763. The van der Waals surface area contributed by atoms with Gasteiger partial charge in [0, 0.05) is 17.9 Å². The van der Waals surface area contributed by atoms with E-state index in [0.717, 1.165) is 30.1 Å². The van der Waals surface area contributed by atoms with E-state index in [1.807, 2.05) is 36.4 Å². The van der Waals surface area contributed by atoms with Gasteiger partial charge in [-0.25, -0.2) is 4.79 Å². The lowest BCUT2D eigenvalue weighted by Gasteiger charge is -2.26. The Kier molecular flexibility index (Phi) is 4.14. The molecule has 22 heavy (non-hydrogen) atoms. The quantitative estimate of drug-likeness (QED) is 0.816. The van der Waals surface area contributed by atoms with E-state index in [1.165, 1.54) is 5.56 Å². The van der Waals surface area contributed by atoms with Crippen LogP contribution in [-0.2, 0) is 6.42 Å². The van der Waals surface area contributed by atoms with Crippen LogP contribution in [0.15, 0.2) is 48.5 Å². The molecule has 0 fully saturated rings. The third-order valence-electron chi connectivity index (χ3n) is 3.71. The second-order valence-corrected chi connectivity index (χ2v) is 5.27. The Morgan fingerprint density at radius 2 is 1.95 bits per heavy atom. The lowest BCUT2D eigenvalue weighted by atomic mass is 10.00. The first-order chi connectivity index (χ1) is 10.7. The fraction of sp³-hybridized carbons (Fsp3) is 0.235. The predicted octanol–water partition coefficient (Wildman–Crippen LogP) is 2.85. The van der Waals surface area contributed by atoms with Gasteiger partial charge in [0.1, 0.15) is 5.75 Å². The molecule has 0 aliphatic carbocycles. The molecule has 2 aromatic carbocycles. The van der Waals surface area contributed by atoms with Gasteiger partial charge >= 0.3 is 6.03 Å². The van der Waals surface area contributed by atoms with E-state index in [-0.39, 0.29) is 12.1 Å². The van der Waals surface area contributed by atoms with Crippen LogP contribution in [0.3, 0.4) is 0 Å². The monoisotopic (exact) mass is 297 g/mol. The van der Waals surface area contributed by atoms with Crippen LogP contribution < -0.4 is 20.7 Å². The highest BCUT2D eigenvalue weighted by Gasteiger charge is 2.19. The minimum Gasteiger partial charge on any atom is -0.497 e. The number of anilines is 2. The summed E-state index contributed by atoms with van der Waals surface area (Å²) >= 11 is 0. The van der Waals surface area contributed by atoms with E-state index >= 15 is 0 Å². The SMILES string of the molecule is COc1ccc(NC(=O)NC2CNc3ccccc3C2)cc1. The third-order valence-corrected chi connectivity index (χ3v) is 3.71. The van der Waals surface area contributed by atoms with Crippen molar-refractivity contribution < 1.29 is 9.53 Å². The second-order valence-electron chi connectivity index (χ2n) is 5.27. The van der Waals surface area contributed by atoms with Crippen molar-refractivity contribution >= 4 is 17.4 Å². The Hall–Kier alpha value is -2.69. The average Bonchev–Trinajstić information content (AvgIpc) is 2.55. The molecule has 2 amide bonds. The molecule has 0 radical (unpaired) electrons. The van der Waals surface area contributed by atoms with Crippen molar-refractivity contribution in [1.29, 1.82) is 0 Å². The lowest BCUT2D eigenvalue weighted by molar-refractivity contribution is 0.248. The van der Waals surface area contributed by atoms with Crippen LogP contribution in [0.4, 0.5) is 16.2 Å². The molecule has 1 heterocycles. The topological polar surface area (TPSA) is 62.4 Å². The Morgan fingerprint density at radius 3 is 2.73 bits per heavy atom. The number of para-hydroxylation sites is 1. The summed E-state index contributed by atoms with van der Waals surface area (Å²) < 4.78 is 5.09. The fourth-order valence-electron chi connectivity index (χ4n) is 2.57. The number of rotatable bonds is 3. The average molecular weight is 297 g/mol. The zero-order chi connectivity index (χ0) is 15.4. The molecular weight excluding hydrogens is 278 g/mol. The van der Waals surface area contributed by atoms with Crippen LogP contribution in [0.5, 0.6) is 5.75 Å². The molecule has 5 nitrogen and oxygen atoms in total. The van der Waals surface area contributed by atoms with Crippen LogP contribution in [0, 0.1) is 0 Å². The number of hydrogen-bond donors (Lipinski definition) is 3. The Morgan fingerprint density at radius 1 is 1.18 bits per heavy atom. The van der Waals surface area contributed by atoms with Gasteiger partial charge in [0.25, 0.3) is 0 Å². The molecule has 1 atom stereocenters. The summed E-state index contributed by atoms with van der Waals surface area (Å²) in [5, 5.41) is 9.16. The molecule has 0 spiro atoms. The molecule has 2 aromatic rings. The predicted molar refractivity (Wildman–Crippen MR) is 87.6 cm³/mol. The van der Waals surface area contributed by atoms with Crippen molar-refractivity contribution in [2.45, 2.75) is 12.5 Å². The van der Waals surface area contributed by atoms with Crippen molar-refractivity contribution in [3.05, 3.63) is 54.1 Å². The van der Waals surface area contributed by atoms with Gasteiger partial charge in [-0.15, -0.1) is 0 Å². The normalized spacial score (nSPS) is 16.1. The van der Waals surface area contributed by atoms with Gasteiger partial charge in [0.15, 0.2) is 0 Å². The molecule has 3 rings (SSSR count). The third kappa shape index (κ3) is 3.31. The van der Waals surface area contributed by atoms with Crippen molar-refractivity contribution in [3.8, 4) is 5.75 Å². The van der Waals surface area contributed by atoms with E-state index in [0.29, 0.717) is 0 Å². The number of ether oxygens (including phenoxy) is 1. The molecule has 0 aromatic heterocycles. The molecule has 3 N–H and O–H groups in total. The fourth-order valence-corrected chi connectivity index (χ4v) is 2.57. The van der Waals surface area contributed by atoms with Gasteiger partial charge in [0.05, 0.1) is 13.2 Å². The minimum atomic E-state index is -0.198. The molecule has 0 bridgehead atoms. The van der Waals surface area contributed by atoms with Crippen LogP contribution in [0.25, 0.3) is 0 Å². The summed E-state index contributed by atoms with van der Waals surface area (Å²) in [6.45, 7) is 0.729. The van der Waals surface area contributed by atoms with Crippen molar-refractivity contribution in [2.24, 2.45) is 0 Å². The molecule has 0 saturated heterocycles. The minimum absolute atomic E-state index is 0.0770. The zero-order valence-corrected chi connectivity index (χ0v) is 12.4. The largest absolute Gasteiger partial charge is 0.497 e. The summed E-state index contributed by atoms with van der Waals surface area (Å²) in [6.07, 6.45) is 0.833. The Bertz CT molecular complexity index is 655. The highest BCUT2D eigenvalue weighted by molar-refractivity contribution is 5.89. The van der Waals surface area contributed by atoms with E-state index in [9.17, 15) is 4.79 Å². The van der Waals surface area contributed by atoms with Crippen LogP contribution in [0.1, 0.15) is 5.56 Å². The second kappa shape index (κ2) is 6.39. The number of benzene rings is 2. The number of carbonyl (C=O) groups excluding carboxylic acids is 1. The molecule has 5 heteroatoms. The van der Waals surface area contributed by atoms with E-state index < -0.39 is 0 Å². The van der Waals surface area contributed by atoms with E-state index in [1.54, 1.807) is 7.11 Å². The molecule has 1 aliphatic heterocycles. The first kappa shape index (κ1) is 14.3. The molecule has 114 valence electrons. The number of amides is 2. The summed E-state index contributed by atoms with van der Waals surface area (Å²) in [5.41, 5.74) is 3.11. The Labute approximate surface area is 129 Å². The molecule has 1 unspecified atom stereocenters. The number of hydrogen-bond acceptors (Lipinski definition) is 3. The van der Waals surface area contributed by atoms with E-state index in [2.05, 4.69) is 28.1 Å². The zero-order valence-electron chi connectivity index (χ0n) is 12.4. The van der Waals surface area contributed by atoms with E-state index in [4.69, 9.17) is 4.74 Å². The maximum absolute atomic E-state index is 12.1. The number of methoxy groups -OCH3 is 1. The van der Waals surface area contributed by atoms with Crippen molar-refractivity contribution in [3.63, 3.8) is 0 Å². The maximum Gasteiger partial charge on any atom is 0.319 e. The molecule has 0 saturated carbocycles. The standard InChI is InChI=1S/C17H19N3O2/c1-22-15-8-6-13(7-9-15)19-17(21)20-14-10-12-4-2-3-5-16(12)18-11-14/h2-9,14,18H,10-11H2,1H3,(H2,19,20,21). The number of carbonyl (C=O) groups is 1.